The van der Waals surface area contributed by atoms with Crippen LogP contribution in [0.3, 0.4) is 0 Å². The predicted octanol–water partition coefficient (Wildman–Crippen LogP) is 6.49. The molecule has 5 N–H and O–H groups in total. The van der Waals surface area contributed by atoms with Gasteiger partial charge in [-0.2, -0.15) is 38.2 Å². The fraction of sp³-hybridized carbons (Fsp3) is 0.559. The molecule has 0 amide bonds. The number of nitrogens with zero attached hydrogens (tertiary/aromatic N) is 2. The Morgan fingerprint density at radius 1 is 0.481 bits per heavy atom. The standard InChI is InChI=1S/C68H96N2O29S5/c1-67(21-25-90-31-33-94-39-41-98-45-43-96-37-35-92-29-27-88-3)62(69(23-12-8-11-16-64(71)72)58-19-17-54-56(65(58)67)48-52(101(76,77)78)50-60(54)103(82,83)84)14-9-6-5-7-10-15-63-68(2,22-26-91-32-34-95-40-42-99-46-44-97-38-36-93-30-28-89-4)66-57-49-53(102(79,80)81)51-61(104(85,86)87)55(57)18-20-59(66)70(63)24-13-47-100(73,74)75/h5-7,9-10,14-15,17-20,48-51H,8,11-13,16,21-47H2,1-4H3,(H5-,71,72,73,74,75,76,77,78,79,80,81,82,83,84,85,86,87). The number of benzene rings is 4. The van der Waals surface area contributed by atoms with E-state index >= 15 is 0 Å². The molecule has 4 aromatic carbocycles. The average molecular weight is 1570 g/mol. The molecule has 0 bridgehead atoms. The van der Waals surface area contributed by atoms with Crippen molar-refractivity contribution in [2.45, 2.75) is 89.2 Å². The van der Waals surface area contributed by atoms with E-state index in [1.807, 2.05) is 11.8 Å². The third-order valence-corrected chi connectivity index (χ3v) is 21.2. The predicted molar refractivity (Wildman–Crippen MR) is 381 cm³/mol. The Hall–Kier alpha value is -5.63. The van der Waals surface area contributed by atoms with Crippen LogP contribution >= 0.6 is 0 Å². The Bertz CT molecular complexity index is 4240. The Labute approximate surface area is 608 Å². The molecule has 0 saturated carbocycles. The summed E-state index contributed by atoms with van der Waals surface area (Å²) in [6, 6.07) is 9.29. The van der Waals surface area contributed by atoms with Gasteiger partial charge in [-0.05, 0) is 104 Å². The van der Waals surface area contributed by atoms with E-state index < -0.39 is 92.7 Å². The molecular formula is C68H96N2O29S5. The number of aliphatic carboxylic acids is 1. The van der Waals surface area contributed by atoms with Gasteiger partial charge >= 0.3 is 5.97 Å². The molecular weight excluding hydrogens is 1470 g/mol. The van der Waals surface area contributed by atoms with Crippen LogP contribution in [0.1, 0.15) is 69.9 Å². The van der Waals surface area contributed by atoms with E-state index in [4.69, 9.17) is 56.8 Å². The highest BCUT2D eigenvalue weighted by Crippen LogP contribution is 2.54. The minimum atomic E-state index is -5.37. The number of hydrogen-bond acceptors (Lipinski definition) is 25. The van der Waals surface area contributed by atoms with Crippen molar-refractivity contribution in [3.63, 3.8) is 0 Å². The zero-order valence-corrected chi connectivity index (χ0v) is 62.8. The van der Waals surface area contributed by atoms with Crippen molar-refractivity contribution in [3.05, 3.63) is 108 Å². The molecule has 0 aromatic heterocycles. The number of methoxy groups -OCH3 is 2. The van der Waals surface area contributed by atoms with Crippen LogP contribution in [0.5, 0.6) is 0 Å². The molecule has 0 spiro atoms. The molecule has 2 aliphatic rings. The number of hydrogen-bond donors (Lipinski definition) is 5. The largest absolute Gasteiger partial charge is 0.744 e. The van der Waals surface area contributed by atoms with E-state index in [1.165, 1.54) is 18.2 Å². The van der Waals surface area contributed by atoms with Crippen molar-refractivity contribution in [1.29, 1.82) is 0 Å². The zero-order chi connectivity index (χ0) is 76.0. The molecule has 2 heterocycles. The van der Waals surface area contributed by atoms with E-state index in [0.717, 1.165) is 12.1 Å². The van der Waals surface area contributed by atoms with Gasteiger partial charge in [0.1, 0.15) is 21.6 Å². The summed E-state index contributed by atoms with van der Waals surface area (Å²) >= 11 is 0. The van der Waals surface area contributed by atoms with E-state index in [1.54, 1.807) is 74.3 Å². The average Bonchev–Trinajstić information content (AvgIpc) is 1.54. The van der Waals surface area contributed by atoms with E-state index in [0.29, 0.717) is 145 Å². The first-order valence-corrected chi connectivity index (χ1v) is 40.9. The van der Waals surface area contributed by atoms with Gasteiger partial charge in [0.2, 0.25) is 5.69 Å². The van der Waals surface area contributed by atoms with Crippen LogP contribution in [0, 0.1) is 0 Å². The lowest BCUT2D eigenvalue weighted by molar-refractivity contribution is -0.437. The van der Waals surface area contributed by atoms with Gasteiger partial charge in [-0.1, -0.05) is 42.9 Å². The number of fused-ring (bicyclic) bond motifs is 6. The minimum Gasteiger partial charge on any atom is -0.744 e. The topological polar surface area (TPSA) is 429 Å². The molecule has 0 radical (unpaired) electrons. The summed E-state index contributed by atoms with van der Waals surface area (Å²) < 4.78 is 250. The summed E-state index contributed by atoms with van der Waals surface area (Å²) in [6.45, 7) is 10.3. The lowest BCUT2D eigenvalue weighted by atomic mass is 9.75. The van der Waals surface area contributed by atoms with Gasteiger partial charge in [0.15, 0.2) is 5.71 Å². The van der Waals surface area contributed by atoms with Gasteiger partial charge < -0.3 is 71.4 Å². The highest BCUT2D eigenvalue weighted by molar-refractivity contribution is 7.87. The van der Waals surface area contributed by atoms with Gasteiger partial charge in [0.25, 0.3) is 40.5 Å². The molecule has 2 unspecified atom stereocenters. The van der Waals surface area contributed by atoms with Gasteiger partial charge in [0, 0.05) is 86.7 Å². The van der Waals surface area contributed by atoms with Crippen LogP contribution in [0.4, 0.5) is 11.4 Å². The first kappa shape index (κ1) is 87.3. The minimum absolute atomic E-state index is 0.00243. The lowest BCUT2D eigenvalue weighted by Crippen LogP contribution is -2.33. The Morgan fingerprint density at radius 3 is 1.36 bits per heavy atom. The second-order valence-corrected chi connectivity index (χ2v) is 31.5. The van der Waals surface area contributed by atoms with Crippen LogP contribution in [-0.4, -0.2) is 265 Å². The highest BCUT2D eigenvalue weighted by Gasteiger charge is 2.50. The molecule has 6 rings (SSSR count). The van der Waals surface area contributed by atoms with Crippen molar-refractivity contribution < 1.29 is 136 Å². The molecule has 31 nitrogen and oxygen atoms in total. The summed E-state index contributed by atoms with van der Waals surface area (Å²) in [5, 5.41) is 9.26. The van der Waals surface area contributed by atoms with E-state index in [-0.39, 0.29) is 126 Å². The maximum absolute atomic E-state index is 13.0. The Morgan fingerprint density at radius 2 is 0.904 bits per heavy atom. The maximum atomic E-state index is 13.0. The number of anilines is 1. The number of carbonyl (C=O) groups is 1. The second-order valence-electron chi connectivity index (χ2n) is 24.3. The van der Waals surface area contributed by atoms with Crippen LogP contribution < -0.4 is 4.90 Å². The van der Waals surface area contributed by atoms with Gasteiger partial charge in [-0.3, -0.25) is 23.0 Å². The summed E-state index contributed by atoms with van der Waals surface area (Å²) in [7, 11) is -22.1. The molecule has 0 saturated heterocycles. The maximum Gasteiger partial charge on any atom is 0.303 e. The molecule has 4 aromatic rings. The third kappa shape index (κ3) is 26.6. The van der Waals surface area contributed by atoms with Crippen molar-refractivity contribution >= 4 is 95.2 Å². The highest BCUT2D eigenvalue weighted by atomic mass is 32.2. The second kappa shape index (κ2) is 42.2. The number of carboxylic acid groups (broad SMARTS) is 1. The van der Waals surface area contributed by atoms with Crippen LogP contribution in [-0.2, 0) is 123 Å². The quantitative estimate of drug-likeness (QED) is 0.0136. The van der Waals surface area contributed by atoms with Crippen LogP contribution in [0.25, 0.3) is 21.5 Å². The third-order valence-electron chi connectivity index (χ3n) is 17.0. The fourth-order valence-corrected chi connectivity index (χ4v) is 15.3. The van der Waals surface area contributed by atoms with Crippen molar-refractivity contribution in [2.75, 3.05) is 183 Å². The van der Waals surface area contributed by atoms with Gasteiger partial charge in [-0.25, -0.2) is 8.42 Å². The number of unbranched alkanes of at least 4 members (excludes halogenated alkanes) is 2. The summed E-state index contributed by atoms with van der Waals surface area (Å²) in [5.74, 6) is -1.65. The first-order valence-electron chi connectivity index (χ1n) is 33.6. The molecule has 0 aliphatic carbocycles. The fourth-order valence-electron chi connectivity index (χ4n) is 12.1. The number of ether oxygens (including phenoxy) is 12. The summed E-state index contributed by atoms with van der Waals surface area (Å²) in [5.41, 5.74) is 0.168. The van der Waals surface area contributed by atoms with E-state index in [2.05, 4.69) is 0 Å². The molecule has 36 heteroatoms. The SMILES string of the molecule is COCCOCCOCCOCCOCCOCCC1(C)C(/C=C/C=C/C=C/C=C2/N(CCCCCC(=O)O)c3ccc4c(S(=O)(=O)[O-])cc(S(=O)(=O)O)cc4c3C2(C)CCOCCOCCOCCOCCOCCOC)=[N+](CCCS(=O)(=O)O)c2ccc3c(S(=O)(=O)O)cc(S(=O)(=O)O)cc3c21. The summed E-state index contributed by atoms with van der Waals surface area (Å²) in [6.07, 6.45) is 13.1. The lowest BCUT2D eigenvalue weighted by Gasteiger charge is -2.31. The summed E-state index contributed by atoms with van der Waals surface area (Å²) in [4.78, 5) is 10.1. The zero-order valence-electron chi connectivity index (χ0n) is 58.8. The number of allylic oxidation sites excluding steroid dienone is 8. The number of rotatable bonds is 54. The monoisotopic (exact) mass is 1560 g/mol. The molecule has 582 valence electrons. The first-order chi connectivity index (χ1) is 49.4. The Kier molecular flexibility index (Phi) is 35.4. The number of carboxylic acids is 1. The normalized spacial score (nSPS) is 17.2. The van der Waals surface area contributed by atoms with Crippen LogP contribution in [0.2, 0.25) is 0 Å². The van der Waals surface area contributed by atoms with Crippen molar-refractivity contribution in [3.8, 4) is 0 Å². The van der Waals surface area contributed by atoms with Crippen molar-refractivity contribution in [1.82, 2.24) is 0 Å². The molecule has 2 atom stereocenters. The molecule has 2 aliphatic heterocycles. The van der Waals surface area contributed by atoms with Gasteiger partial charge in [0.05, 0.1) is 158 Å². The Balaban J connectivity index is 1.33. The molecule has 0 fully saturated rings. The van der Waals surface area contributed by atoms with Gasteiger partial charge in [-0.15, -0.1) is 0 Å². The van der Waals surface area contributed by atoms with Crippen molar-refractivity contribution in [2.24, 2.45) is 0 Å². The van der Waals surface area contributed by atoms with Crippen LogP contribution in [0.15, 0.2) is 116 Å². The molecule has 104 heavy (non-hydrogen) atoms. The smallest absolute Gasteiger partial charge is 0.303 e. The van der Waals surface area contributed by atoms with E-state index in [9.17, 15) is 74.8 Å².